The number of nitrogens with zero attached hydrogens (tertiary/aromatic N) is 3. The van der Waals surface area contributed by atoms with Crippen molar-refractivity contribution < 1.29 is 4.79 Å². The van der Waals surface area contributed by atoms with E-state index in [1.165, 1.54) is 11.1 Å². The molecule has 0 saturated carbocycles. The Balaban J connectivity index is 1.53. The molecule has 0 saturated heterocycles. The van der Waals surface area contributed by atoms with Gasteiger partial charge in [0, 0.05) is 20.8 Å². The summed E-state index contributed by atoms with van der Waals surface area (Å²) in [6.07, 6.45) is 0. The maximum absolute atomic E-state index is 12.8. The molecule has 0 radical (unpaired) electrons. The third-order valence-corrected chi connectivity index (χ3v) is 7.23. The quantitative estimate of drug-likeness (QED) is 0.239. The fourth-order valence-corrected chi connectivity index (χ4v) is 4.87. The van der Waals surface area contributed by atoms with Gasteiger partial charge in [-0.05, 0) is 59.0 Å². The van der Waals surface area contributed by atoms with Crippen LogP contribution in [0.1, 0.15) is 48.1 Å². The number of carbonyl (C=O) groups excluding carboxylic acids is 1. The molecule has 5 nitrogen and oxygen atoms in total. The van der Waals surface area contributed by atoms with Crippen molar-refractivity contribution in [3.63, 3.8) is 0 Å². The summed E-state index contributed by atoms with van der Waals surface area (Å²) >= 11 is 11.3. The van der Waals surface area contributed by atoms with E-state index in [4.69, 9.17) is 11.6 Å². The third kappa shape index (κ3) is 6.54. The standard InChI is InChI=1S/C27H26BrClN4OS/c1-27(2,3)20-11-9-19(10-12-20)25(34)30-16-24-31-32-26(33(24)23-6-4-5-22(29)15-23)35-17-18-7-13-21(28)14-8-18/h4-15H,16-17H2,1-3H3,(H,30,34). The molecule has 0 atom stereocenters. The molecule has 0 bridgehead atoms. The molecule has 4 rings (SSSR count). The molecule has 3 aromatic carbocycles. The minimum absolute atomic E-state index is 0.0344. The number of hydrogen-bond donors (Lipinski definition) is 1. The number of halogens is 2. The lowest BCUT2D eigenvalue weighted by Gasteiger charge is -2.19. The minimum Gasteiger partial charge on any atom is -0.345 e. The molecule has 35 heavy (non-hydrogen) atoms. The molecule has 180 valence electrons. The van der Waals surface area contributed by atoms with E-state index >= 15 is 0 Å². The first-order chi connectivity index (χ1) is 16.7. The molecule has 1 N–H and O–H groups in total. The average molecular weight is 570 g/mol. The van der Waals surface area contributed by atoms with Gasteiger partial charge in [0.2, 0.25) is 0 Å². The molecule has 1 heterocycles. The fraction of sp³-hybridized carbons (Fsp3) is 0.222. The van der Waals surface area contributed by atoms with Crippen molar-refractivity contribution in [1.82, 2.24) is 20.1 Å². The minimum atomic E-state index is -0.157. The zero-order valence-corrected chi connectivity index (χ0v) is 22.9. The van der Waals surface area contributed by atoms with E-state index in [9.17, 15) is 4.79 Å². The van der Waals surface area contributed by atoms with Gasteiger partial charge in [-0.2, -0.15) is 0 Å². The Morgan fingerprint density at radius 2 is 1.74 bits per heavy atom. The van der Waals surface area contributed by atoms with Gasteiger partial charge in [0.25, 0.3) is 5.91 Å². The number of nitrogens with one attached hydrogen (secondary N) is 1. The van der Waals surface area contributed by atoms with Crippen LogP contribution < -0.4 is 5.32 Å². The van der Waals surface area contributed by atoms with Gasteiger partial charge in [0.15, 0.2) is 11.0 Å². The van der Waals surface area contributed by atoms with E-state index in [1.807, 2.05) is 65.2 Å². The Labute approximate surface area is 223 Å². The van der Waals surface area contributed by atoms with Crippen LogP contribution in [-0.4, -0.2) is 20.7 Å². The molecule has 0 spiro atoms. The Kier molecular flexibility index (Phi) is 7.99. The summed E-state index contributed by atoms with van der Waals surface area (Å²) in [6, 6.07) is 23.4. The number of hydrogen-bond acceptors (Lipinski definition) is 4. The van der Waals surface area contributed by atoms with Gasteiger partial charge in [-0.3, -0.25) is 9.36 Å². The van der Waals surface area contributed by atoms with Gasteiger partial charge in [0.1, 0.15) is 0 Å². The number of aromatic nitrogens is 3. The SMILES string of the molecule is CC(C)(C)c1ccc(C(=O)NCc2nnc(SCc3ccc(Br)cc3)n2-c2cccc(Cl)c2)cc1. The smallest absolute Gasteiger partial charge is 0.251 e. The van der Waals surface area contributed by atoms with E-state index in [2.05, 4.69) is 64.3 Å². The molecule has 0 unspecified atom stereocenters. The molecule has 0 aliphatic rings. The van der Waals surface area contributed by atoms with E-state index in [1.54, 1.807) is 11.8 Å². The van der Waals surface area contributed by atoms with Crippen LogP contribution in [-0.2, 0) is 17.7 Å². The maximum Gasteiger partial charge on any atom is 0.251 e. The molecular formula is C27H26BrClN4OS. The van der Waals surface area contributed by atoms with Crippen molar-refractivity contribution in [1.29, 1.82) is 0 Å². The summed E-state index contributed by atoms with van der Waals surface area (Å²) in [5.41, 5.74) is 3.85. The largest absolute Gasteiger partial charge is 0.345 e. The highest BCUT2D eigenvalue weighted by atomic mass is 79.9. The van der Waals surface area contributed by atoms with Crippen LogP contribution in [0, 0.1) is 0 Å². The predicted octanol–water partition coefficient (Wildman–Crippen LogP) is 7.20. The van der Waals surface area contributed by atoms with E-state index in [-0.39, 0.29) is 17.9 Å². The van der Waals surface area contributed by atoms with Crippen molar-refractivity contribution in [2.45, 2.75) is 43.6 Å². The summed E-state index contributed by atoms with van der Waals surface area (Å²) in [5.74, 6) is 1.21. The third-order valence-electron chi connectivity index (χ3n) is 5.47. The Morgan fingerprint density at radius 3 is 2.40 bits per heavy atom. The van der Waals surface area contributed by atoms with Crippen LogP contribution in [0.5, 0.6) is 0 Å². The van der Waals surface area contributed by atoms with Crippen molar-refractivity contribution in [2.24, 2.45) is 0 Å². The normalized spacial score (nSPS) is 11.5. The van der Waals surface area contributed by atoms with Crippen molar-refractivity contribution in [3.05, 3.63) is 105 Å². The summed E-state index contributed by atoms with van der Waals surface area (Å²) in [7, 11) is 0. The van der Waals surface area contributed by atoms with Crippen LogP contribution in [0.3, 0.4) is 0 Å². The summed E-state index contributed by atoms with van der Waals surface area (Å²) in [6.45, 7) is 6.68. The lowest BCUT2D eigenvalue weighted by Crippen LogP contribution is -2.25. The molecule has 1 aromatic heterocycles. The summed E-state index contributed by atoms with van der Waals surface area (Å²) < 4.78 is 2.98. The second-order valence-electron chi connectivity index (χ2n) is 9.14. The van der Waals surface area contributed by atoms with Gasteiger partial charge >= 0.3 is 0 Å². The van der Waals surface area contributed by atoms with Crippen LogP contribution in [0.4, 0.5) is 0 Å². The Morgan fingerprint density at radius 1 is 1.03 bits per heavy atom. The van der Waals surface area contributed by atoms with Crippen molar-refractivity contribution in [3.8, 4) is 5.69 Å². The molecule has 8 heteroatoms. The molecule has 0 fully saturated rings. The lowest BCUT2D eigenvalue weighted by atomic mass is 9.87. The zero-order valence-electron chi connectivity index (χ0n) is 19.8. The van der Waals surface area contributed by atoms with Crippen molar-refractivity contribution >= 4 is 45.2 Å². The number of rotatable bonds is 7. The van der Waals surface area contributed by atoms with E-state index in [0.29, 0.717) is 16.4 Å². The van der Waals surface area contributed by atoms with Gasteiger partial charge in [0.05, 0.1) is 12.2 Å². The maximum atomic E-state index is 12.8. The summed E-state index contributed by atoms with van der Waals surface area (Å²) in [4.78, 5) is 12.8. The van der Waals surface area contributed by atoms with Gasteiger partial charge in [-0.25, -0.2) is 0 Å². The van der Waals surface area contributed by atoms with E-state index in [0.717, 1.165) is 21.1 Å². The predicted molar refractivity (Wildman–Crippen MR) is 146 cm³/mol. The molecule has 0 aliphatic carbocycles. The van der Waals surface area contributed by atoms with Crippen LogP contribution in [0.15, 0.2) is 82.4 Å². The van der Waals surface area contributed by atoms with Crippen LogP contribution >= 0.6 is 39.3 Å². The number of benzene rings is 3. The van der Waals surface area contributed by atoms with Crippen molar-refractivity contribution in [2.75, 3.05) is 0 Å². The molecular weight excluding hydrogens is 544 g/mol. The lowest BCUT2D eigenvalue weighted by molar-refractivity contribution is 0.0949. The van der Waals surface area contributed by atoms with Crippen LogP contribution in [0.2, 0.25) is 5.02 Å². The first-order valence-corrected chi connectivity index (χ1v) is 13.3. The highest BCUT2D eigenvalue weighted by Crippen LogP contribution is 2.27. The second-order valence-corrected chi connectivity index (χ2v) is 11.4. The Hall–Kier alpha value is -2.61. The second kappa shape index (κ2) is 11.0. The number of carbonyl (C=O) groups is 1. The molecule has 1 amide bonds. The van der Waals surface area contributed by atoms with Gasteiger partial charge in [-0.15, -0.1) is 10.2 Å². The first kappa shape index (κ1) is 25.5. The monoisotopic (exact) mass is 568 g/mol. The van der Waals surface area contributed by atoms with E-state index < -0.39 is 0 Å². The average Bonchev–Trinajstić information content (AvgIpc) is 3.24. The fourth-order valence-electron chi connectivity index (χ4n) is 3.49. The van der Waals surface area contributed by atoms with Crippen LogP contribution in [0.25, 0.3) is 5.69 Å². The number of amides is 1. The molecule has 0 aliphatic heterocycles. The highest BCUT2D eigenvalue weighted by molar-refractivity contribution is 9.10. The van der Waals surface area contributed by atoms with Gasteiger partial charge in [-0.1, -0.05) is 90.4 Å². The topological polar surface area (TPSA) is 59.8 Å². The summed E-state index contributed by atoms with van der Waals surface area (Å²) in [5, 5.41) is 13.1. The Bertz CT molecular complexity index is 1310. The first-order valence-electron chi connectivity index (χ1n) is 11.2. The zero-order chi connectivity index (χ0) is 25.0. The van der Waals surface area contributed by atoms with Gasteiger partial charge < -0.3 is 5.32 Å². The molecule has 4 aromatic rings. The highest BCUT2D eigenvalue weighted by Gasteiger charge is 2.17. The number of thioether (sulfide) groups is 1.